The summed E-state index contributed by atoms with van der Waals surface area (Å²) in [5.41, 5.74) is 16.7. The van der Waals surface area contributed by atoms with E-state index in [0.29, 0.717) is 79.9 Å². The van der Waals surface area contributed by atoms with Gasteiger partial charge in [-0.15, -0.1) is 0 Å². The minimum absolute atomic E-state index is 0.0491. The van der Waals surface area contributed by atoms with E-state index in [2.05, 4.69) is 17.4 Å². The summed E-state index contributed by atoms with van der Waals surface area (Å²) in [5, 5.41) is 23.7. The number of carboxylic acids is 2. The predicted molar refractivity (Wildman–Crippen MR) is 533 cm³/mol. The van der Waals surface area contributed by atoms with Gasteiger partial charge in [0, 0.05) is 90.8 Å². The van der Waals surface area contributed by atoms with Crippen molar-refractivity contribution >= 4 is 41.6 Å². The van der Waals surface area contributed by atoms with Crippen LogP contribution >= 0.6 is 0 Å². The fraction of sp³-hybridized carbons (Fsp3) is 0.229. The van der Waals surface area contributed by atoms with Gasteiger partial charge in [0.05, 0.1) is 13.2 Å². The first kappa shape index (κ1) is 101. The number of para-hydroxylation sites is 3. The van der Waals surface area contributed by atoms with Gasteiger partial charge in [-0.05, 0) is 145 Å². The number of esters is 2. The minimum atomic E-state index is -1.23. The zero-order valence-electron chi connectivity index (χ0n) is 80.1. The molecule has 7 atom stereocenters. The smallest absolute Gasteiger partial charge is 0.329 e. The topological polar surface area (TPSA) is 265 Å². The van der Waals surface area contributed by atoms with E-state index in [0.717, 1.165) is 89.2 Å². The van der Waals surface area contributed by atoms with Gasteiger partial charge in [-0.2, -0.15) is 0 Å². The number of hydrogen-bond donors (Lipinski definition) is 3. The van der Waals surface area contributed by atoms with Crippen LogP contribution in [-0.2, 0) is 121 Å². The molecule has 0 spiro atoms. The lowest BCUT2D eigenvalue weighted by Gasteiger charge is -2.38. The number of carbonyl (C=O) groups excluding carboxylic acids is 5. The maximum Gasteiger partial charge on any atom is 0.329 e. The number of amides is 3. The van der Waals surface area contributed by atoms with E-state index in [1.807, 2.05) is 198 Å². The van der Waals surface area contributed by atoms with E-state index < -0.39 is 89.5 Å². The molecule has 1 unspecified atom stereocenters. The second kappa shape index (κ2) is 48.5. The number of nitrogens with zero attached hydrogens (tertiary/aromatic N) is 3. The molecule has 3 amide bonds. The zero-order valence-corrected chi connectivity index (χ0v) is 80.1. The molecule has 0 radical (unpaired) electrons. The molecule has 14 aromatic carbocycles. The molecular weight excluding hydrogens is 1820 g/mol. The van der Waals surface area contributed by atoms with Crippen LogP contribution in [0.4, 0.5) is 13.2 Å². The molecule has 732 valence electrons. The van der Waals surface area contributed by atoms with Crippen molar-refractivity contribution in [3.8, 4) is 40.2 Å². The molecule has 0 bridgehead atoms. The van der Waals surface area contributed by atoms with Crippen LogP contribution < -0.4 is 38.5 Å². The molecule has 0 aliphatic carbocycles. The van der Waals surface area contributed by atoms with Crippen molar-refractivity contribution in [2.75, 3.05) is 13.2 Å². The number of benzene rings is 14. The summed E-state index contributed by atoms with van der Waals surface area (Å²) in [6, 6.07) is 95.5. The molecule has 25 heteroatoms. The summed E-state index contributed by atoms with van der Waals surface area (Å²) in [4.78, 5) is 96.7. The lowest BCUT2D eigenvalue weighted by molar-refractivity contribution is -0.159. The largest absolute Gasteiger partial charge is 0.488 e. The van der Waals surface area contributed by atoms with Crippen LogP contribution in [0.3, 0.4) is 0 Å². The Kier molecular flexibility index (Phi) is 34.3. The van der Waals surface area contributed by atoms with Crippen molar-refractivity contribution in [2.45, 2.75) is 162 Å². The summed E-state index contributed by atoms with van der Waals surface area (Å²) in [6.07, 6.45) is -2.68. The highest BCUT2D eigenvalue weighted by Crippen LogP contribution is 2.43. The number of rotatable bonds is 30. The number of nitrogens with one attached hydrogen (secondary N) is 1. The molecule has 143 heavy (non-hydrogen) atoms. The molecule has 14 aromatic rings. The first-order valence-electron chi connectivity index (χ1n) is 47.4. The third-order valence-corrected chi connectivity index (χ3v) is 25.2. The third-order valence-electron chi connectivity index (χ3n) is 25.2. The molecule has 4 aliphatic heterocycles. The fourth-order valence-corrected chi connectivity index (χ4v) is 17.8. The van der Waals surface area contributed by atoms with Gasteiger partial charge < -0.3 is 72.9 Å². The molecule has 0 aromatic heterocycles. The first-order chi connectivity index (χ1) is 69.5. The Bertz CT molecular complexity index is 6530. The maximum atomic E-state index is 14.6. The quantitative estimate of drug-likeness (QED) is 0.0353. The number of fused-ring (bicyclic) bond motifs is 4. The van der Waals surface area contributed by atoms with E-state index in [1.54, 1.807) is 116 Å². The summed E-state index contributed by atoms with van der Waals surface area (Å²) >= 11 is 0. The Morgan fingerprint density at radius 2 is 0.566 bits per heavy atom. The molecule has 0 saturated carbocycles. The van der Waals surface area contributed by atoms with Crippen LogP contribution in [0.1, 0.15) is 138 Å². The highest BCUT2D eigenvalue weighted by Gasteiger charge is 2.45. The second-order valence-electron chi connectivity index (χ2n) is 34.9. The summed E-state index contributed by atoms with van der Waals surface area (Å²) < 4.78 is 96.8. The number of aryl methyl sites for hydroxylation is 4. The Labute approximate surface area is 829 Å². The molecule has 0 saturated heterocycles. The van der Waals surface area contributed by atoms with Crippen molar-refractivity contribution in [1.29, 1.82) is 0 Å². The number of hydrogen-bond acceptors (Lipinski definition) is 17. The van der Waals surface area contributed by atoms with Gasteiger partial charge >= 0.3 is 23.9 Å². The molecule has 3 N–H and O–H groups in total. The van der Waals surface area contributed by atoms with Crippen LogP contribution in [-0.4, -0.2) is 104 Å². The maximum absolute atomic E-state index is 14.6. The van der Waals surface area contributed by atoms with Gasteiger partial charge in [-0.1, -0.05) is 297 Å². The van der Waals surface area contributed by atoms with E-state index in [9.17, 15) is 56.9 Å². The Hall–Kier alpha value is -16.3. The van der Waals surface area contributed by atoms with E-state index in [1.165, 1.54) is 68.8 Å². The molecule has 4 heterocycles. The van der Waals surface area contributed by atoms with Crippen molar-refractivity contribution in [3.05, 3.63) is 457 Å². The molecule has 22 nitrogen and oxygen atoms in total. The fourth-order valence-electron chi connectivity index (χ4n) is 17.8. The van der Waals surface area contributed by atoms with Gasteiger partial charge in [-0.25, -0.2) is 27.6 Å². The minimum Gasteiger partial charge on any atom is -0.488 e. The zero-order chi connectivity index (χ0) is 100. The van der Waals surface area contributed by atoms with Crippen LogP contribution in [0.2, 0.25) is 0 Å². The number of halogens is 3. The average molecular weight is 1930 g/mol. The van der Waals surface area contributed by atoms with Gasteiger partial charge in [0.2, 0.25) is 18.3 Å². The van der Waals surface area contributed by atoms with Gasteiger partial charge in [0.1, 0.15) is 73.6 Å². The van der Waals surface area contributed by atoms with Gasteiger partial charge in [0.15, 0.2) is 34.7 Å². The summed E-state index contributed by atoms with van der Waals surface area (Å²) in [5.74, 6) is -3.72. The number of ether oxygens (including phenoxy) is 9. The lowest BCUT2D eigenvalue weighted by atomic mass is 9.90. The SMILES string of the molecule is CCOC(=O)[C@@H]1Cc2c(ccc(C)c2OCc2ccccc2)CN1.CCOC(=O)[C@@H]1Cc2c(ccc(C)c2OCc2ccccc2)CN1C(=O)C(Oc1ccccc1F)c1ccccc1.Cc1ccc2c(c1OCc1ccccc1)C[C@@H](C(=O)O)N(C(=O)[C@@H](Oc1ccccc1F)c1ccccc1)C2.Cc1ccc2c(c1OCc1ccccc1)C[C@@H](C(=O)O)N(C(=O)[C@H](Oc1ccccc1F)c1ccccc1)C2. The van der Waals surface area contributed by atoms with Crippen molar-refractivity contribution < 1.29 is 99.6 Å². The van der Waals surface area contributed by atoms with E-state index in [-0.39, 0.29) is 74.8 Å². The second-order valence-corrected chi connectivity index (χ2v) is 34.9. The average Bonchev–Trinajstić information content (AvgIpc) is 0.799. The summed E-state index contributed by atoms with van der Waals surface area (Å²) in [7, 11) is 0. The van der Waals surface area contributed by atoms with Gasteiger partial charge in [-0.3, -0.25) is 19.2 Å². The van der Waals surface area contributed by atoms with Crippen molar-refractivity contribution in [1.82, 2.24) is 20.0 Å². The van der Waals surface area contributed by atoms with Crippen LogP contribution in [0.5, 0.6) is 40.2 Å². The van der Waals surface area contributed by atoms with Crippen LogP contribution in [0.25, 0.3) is 0 Å². The molecule has 18 rings (SSSR count). The Morgan fingerprint density at radius 3 is 0.853 bits per heavy atom. The number of aliphatic carboxylic acids is 2. The predicted octanol–water partition coefficient (Wildman–Crippen LogP) is 21.2. The van der Waals surface area contributed by atoms with Crippen molar-refractivity contribution in [2.24, 2.45) is 0 Å². The standard InChI is InChI=1S/C34H32FNO5.2C32H28FNO5.C20H23NO3/c1-3-39-34(38)29-20-27-26(19-18-23(2)31(27)40-22-24-12-6-4-7-13-24)21-36(29)33(37)32(25-14-8-5-9-15-25)41-30-17-11-10-16-28(30)35;2*1-21-16-17-24-19-34(27(32(36)37)18-25(24)29(21)38-20-22-10-4-2-5-11-22)31(35)30(23-12-6-3-7-13-23)39-28-15-9-8-14-26(28)33;1-3-23-20(22)18-11-17-16(12-21-18)10-9-14(2)19(17)24-13-15-7-5-4-6-8-15/h4-19,29,32H,3,20-22H2,1-2H3;2*2-17,27,30H,18-20H2,1H3,(H,36,37);4-10,18,21H,3,11-13H2,1-2H3/t29-,32?;27-,30+;27-,30-;18-/m0000/s1. The van der Waals surface area contributed by atoms with E-state index >= 15 is 0 Å². The Morgan fingerprint density at radius 1 is 0.315 bits per heavy atom. The van der Waals surface area contributed by atoms with E-state index in [4.69, 9.17) is 42.6 Å². The van der Waals surface area contributed by atoms with Crippen molar-refractivity contribution in [3.63, 3.8) is 0 Å². The lowest BCUT2D eigenvalue weighted by Crippen LogP contribution is -2.51. The van der Waals surface area contributed by atoms with Crippen LogP contribution in [0, 0.1) is 45.1 Å². The highest BCUT2D eigenvalue weighted by atomic mass is 19.1. The summed E-state index contributed by atoms with van der Waals surface area (Å²) in [6.45, 7) is 14.4. The third kappa shape index (κ3) is 25.3. The first-order valence-corrected chi connectivity index (χ1v) is 47.4. The molecular formula is C118H111F3N4O18. The monoisotopic (exact) mass is 1930 g/mol. The van der Waals surface area contributed by atoms with Gasteiger partial charge in [0.25, 0.3) is 17.7 Å². The Balaban J connectivity index is 0.000000146. The molecule has 0 fully saturated rings. The number of carbonyl (C=O) groups is 7. The van der Waals surface area contributed by atoms with Crippen LogP contribution in [0.15, 0.2) is 334 Å². The number of carboxylic acid groups (broad SMARTS) is 2. The molecule has 4 aliphatic rings. The normalized spacial score (nSPS) is 15.3. The highest BCUT2D eigenvalue weighted by molar-refractivity contribution is 5.91.